The Morgan fingerprint density at radius 2 is 1.92 bits per heavy atom. The summed E-state index contributed by atoms with van der Waals surface area (Å²) in [6, 6.07) is 10.3. The van der Waals surface area contributed by atoms with Gasteiger partial charge in [-0.1, -0.05) is 18.2 Å². The van der Waals surface area contributed by atoms with Crippen molar-refractivity contribution in [2.24, 2.45) is 0 Å². The molecule has 1 N–H and O–H groups in total. The highest BCUT2D eigenvalue weighted by atomic mass is 16.5. The summed E-state index contributed by atoms with van der Waals surface area (Å²) in [4.78, 5) is 41.4. The Balaban J connectivity index is 2.02. The maximum Gasteiger partial charge on any atom is 0.339 e. The van der Waals surface area contributed by atoms with Crippen molar-refractivity contribution in [3.63, 3.8) is 0 Å². The van der Waals surface area contributed by atoms with E-state index in [-0.39, 0.29) is 30.3 Å². The standard InChI is InChI=1S/C19H21N3O4/c1-14(23)22(17-8-4-3-7-16(17)19(25)26-2)11-9-18(24)21-13-15-6-5-10-20-12-15/h3-8,10,12H,9,11,13H2,1-2H3,(H,21,24). The SMILES string of the molecule is COC(=O)c1ccccc1N(CCC(=O)NCc1cccnc1)C(C)=O. The number of amides is 2. The van der Waals surface area contributed by atoms with Crippen molar-refractivity contribution in [1.82, 2.24) is 10.3 Å². The highest BCUT2D eigenvalue weighted by Crippen LogP contribution is 2.21. The van der Waals surface area contributed by atoms with Gasteiger partial charge in [-0.25, -0.2) is 4.79 Å². The number of ether oxygens (including phenoxy) is 1. The molecule has 0 aliphatic carbocycles. The number of nitrogens with zero attached hydrogens (tertiary/aromatic N) is 2. The first-order valence-corrected chi connectivity index (χ1v) is 8.14. The third kappa shape index (κ3) is 5.14. The van der Waals surface area contributed by atoms with Crippen molar-refractivity contribution in [2.45, 2.75) is 19.9 Å². The molecule has 0 aliphatic rings. The number of carbonyl (C=O) groups is 3. The maximum atomic E-state index is 12.1. The predicted octanol–water partition coefficient (Wildman–Crippen LogP) is 1.93. The molecule has 0 aliphatic heterocycles. The zero-order valence-corrected chi connectivity index (χ0v) is 14.8. The summed E-state index contributed by atoms with van der Waals surface area (Å²) in [5.41, 5.74) is 1.59. The Bertz CT molecular complexity index is 777. The van der Waals surface area contributed by atoms with Gasteiger partial charge in [-0.3, -0.25) is 14.6 Å². The van der Waals surface area contributed by atoms with E-state index < -0.39 is 5.97 Å². The Morgan fingerprint density at radius 3 is 2.58 bits per heavy atom. The smallest absolute Gasteiger partial charge is 0.339 e. The predicted molar refractivity (Wildman–Crippen MR) is 96.5 cm³/mol. The topological polar surface area (TPSA) is 88.6 Å². The number of anilines is 1. The number of benzene rings is 1. The highest BCUT2D eigenvalue weighted by molar-refractivity contribution is 6.02. The van der Waals surface area contributed by atoms with Crippen LogP contribution in [0, 0.1) is 0 Å². The summed E-state index contributed by atoms with van der Waals surface area (Å²) in [7, 11) is 1.28. The van der Waals surface area contributed by atoms with E-state index in [1.165, 1.54) is 18.9 Å². The Hall–Kier alpha value is -3.22. The van der Waals surface area contributed by atoms with E-state index in [0.29, 0.717) is 12.2 Å². The maximum absolute atomic E-state index is 12.1. The van der Waals surface area contributed by atoms with Gasteiger partial charge in [0, 0.05) is 38.8 Å². The normalized spacial score (nSPS) is 10.1. The minimum absolute atomic E-state index is 0.106. The van der Waals surface area contributed by atoms with Gasteiger partial charge in [0.2, 0.25) is 11.8 Å². The van der Waals surface area contributed by atoms with Gasteiger partial charge in [0.05, 0.1) is 18.4 Å². The number of esters is 1. The molecule has 2 amide bonds. The fraction of sp³-hybridized carbons (Fsp3) is 0.263. The van der Waals surface area contributed by atoms with Gasteiger partial charge < -0.3 is 15.0 Å². The van der Waals surface area contributed by atoms with Gasteiger partial charge in [0.1, 0.15) is 0 Å². The van der Waals surface area contributed by atoms with Crippen LogP contribution in [0.2, 0.25) is 0 Å². The van der Waals surface area contributed by atoms with Gasteiger partial charge in [-0.05, 0) is 23.8 Å². The van der Waals surface area contributed by atoms with Crippen LogP contribution in [0.3, 0.4) is 0 Å². The van der Waals surface area contributed by atoms with Crippen LogP contribution in [-0.4, -0.2) is 36.4 Å². The lowest BCUT2D eigenvalue weighted by Gasteiger charge is -2.23. The number of methoxy groups -OCH3 is 1. The summed E-state index contributed by atoms with van der Waals surface area (Å²) in [5, 5.41) is 2.78. The molecule has 0 spiro atoms. The molecular weight excluding hydrogens is 334 g/mol. The van der Waals surface area contributed by atoms with Crippen molar-refractivity contribution in [2.75, 3.05) is 18.6 Å². The van der Waals surface area contributed by atoms with Gasteiger partial charge in [0.25, 0.3) is 0 Å². The summed E-state index contributed by atoms with van der Waals surface area (Å²) < 4.78 is 4.76. The van der Waals surface area contributed by atoms with E-state index in [1.807, 2.05) is 6.07 Å². The van der Waals surface area contributed by atoms with Gasteiger partial charge in [-0.15, -0.1) is 0 Å². The molecule has 26 heavy (non-hydrogen) atoms. The lowest BCUT2D eigenvalue weighted by atomic mass is 10.1. The van der Waals surface area contributed by atoms with Crippen molar-refractivity contribution < 1.29 is 19.1 Å². The fourth-order valence-corrected chi connectivity index (χ4v) is 2.44. The third-order valence-electron chi connectivity index (χ3n) is 3.76. The van der Waals surface area contributed by atoms with Crippen molar-refractivity contribution in [1.29, 1.82) is 0 Å². The number of carbonyl (C=O) groups excluding carboxylic acids is 3. The van der Waals surface area contributed by atoms with Gasteiger partial charge >= 0.3 is 5.97 Å². The van der Waals surface area contributed by atoms with Crippen LogP contribution in [0.15, 0.2) is 48.8 Å². The Labute approximate surface area is 152 Å². The molecule has 7 nitrogen and oxygen atoms in total. The lowest BCUT2D eigenvalue weighted by molar-refractivity contribution is -0.121. The fourth-order valence-electron chi connectivity index (χ4n) is 2.44. The summed E-state index contributed by atoms with van der Waals surface area (Å²) >= 11 is 0. The minimum atomic E-state index is -0.534. The van der Waals surface area contributed by atoms with Gasteiger partial charge in [-0.2, -0.15) is 0 Å². The van der Waals surface area contributed by atoms with E-state index in [2.05, 4.69) is 10.3 Å². The first kappa shape index (κ1) is 19.1. The van der Waals surface area contributed by atoms with E-state index in [0.717, 1.165) is 5.56 Å². The average Bonchev–Trinajstić information content (AvgIpc) is 2.67. The number of rotatable bonds is 7. The second-order valence-corrected chi connectivity index (χ2v) is 5.57. The molecule has 1 aromatic carbocycles. The highest BCUT2D eigenvalue weighted by Gasteiger charge is 2.20. The molecule has 0 unspecified atom stereocenters. The van der Waals surface area contributed by atoms with Crippen LogP contribution in [0.4, 0.5) is 5.69 Å². The summed E-state index contributed by atoms with van der Waals surface area (Å²) in [6.45, 7) is 1.91. The number of pyridine rings is 1. The van der Waals surface area contributed by atoms with Crippen molar-refractivity contribution >= 4 is 23.5 Å². The Kier molecular flexibility index (Phi) is 6.84. The average molecular weight is 355 g/mol. The molecule has 136 valence electrons. The number of para-hydroxylation sites is 1. The van der Waals surface area contributed by atoms with E-state index in [9.17, 15) is 14.4 Å². The minimum Gasteiger partial charge on any atom is -0.465 e. The van der Waals surface area contributed by atoms with Crippen molar-refractivity contribution in [3.05, 3.63) is 59.9 Å². The zero-order chi connectivity index (χ0) is 18.9. The molecular formula is C19H21N3O4. The lowest BCUT2D eigenvalue weighted by Crippen LogP contribution is -2.34. The number of hydrogen-bond acceptors (Lipinski definition) is 5. The zero-order valence-electron chi connectivity index (χ0n) is 14.8. The first-order valence-electron chi connectivity index (χ1n) is 8.14. The van der Waals surface area contributed by atoms with E-state index in [4.69, 9.17) is 4.74 Å². The largest absolute Gasteiger partial charge is 0.465 e. The molecule has 0 radical (unpaired) electrons. The quantitative estimate of drug-likeness (QED) is 0.767. The van der Waals surface area contributed by atoms with Crippen LogP contribution in [-0.2, 0) is 20.9 Å². The van der Waals surface area contributed by atoms with Crippen LogP contribution in [0.5, 0.6) is 0 Å². The third-order valence-corrected chi connectivity index (χ3v) is 3.76. The first-order chi connectivity index (χ1) is 12.5. The molecule has 7 heteroatoms. The van der Waals surface area contributed by atoms with Crippen LogP contribution < -0.4 is 10.2 Å². The number of hydrogen-bond donors (Lipinski definition) is 1. The molecule has 0 saturated carbocycles. The summed E-state index contributed by atoms with van der Waals surface area (Å²) in [6.07, 6.45) is 3.44. The molecule has 0 bridgehead atoms. The molecule has 2 rings (SSSR count). The second-order valence-electron chi connectivity index (χ2n) is 5.57. The van der Waals surface area contributed by atoms with Crippen LogP contribution in [0.1, 0.15) is 29.3 Å². The Morgan fingerprint density at radius 1 is 1.15 bits per heavy atom. The monoisotopic (exact) mass is 355 g/mol. The molecule has 2 aromatic rings. The number of aromatic nitrogens is 1. The van der Waals surface area contributed by atoms with Gasteiger partial charge in [0.15, 0.2) is 0 Å². The number of nitrogens with one attached hydrogen (secondary N) is 1. The van der Waals surface area contributed by atoms with E-state index >= 15 is 0 Å². The van der Waals surface area contributed by atoms with Crippen molar-refractivity contribution in [3.8, 4) is 0 Å². The molecule has 1 aromatic heterocycles. The van der Waals surface area contributed by atoms with E-state index in [1.54, 1.807) is 42.7 Å². The molecule has 0 atom stereocenters. The second kappa shape index (κ2) is 9.31. The molecule has 0 saturated heterocycles. The van der Waals surface area contributed by atoms with Crippen LogP contribution >= 0.6 is 0 Å². The molecule has 0 fully saturated rings. The van der Waals surface area contributed by atoms with Crippen LogP contribution in [0.25, 0.3) is 0 Å². The summed E-state index contributed by atoms with van der Waals surface area (Å²) in [5.74, 6) is -0.995. The molecule has 1 heterocycles.